The molecule has 3 rings (SSSR count). The van der Waals surface area contributed by atoms with Gasteiger partial charge in [-0.3, -0.25) is 0 Å². The Bertz CT molecular complexity index is 1060. The maximum Gasteiger partial charge on any atom is 0.359 e. The van der Waals surface area contributed by atoms with Crippen LogP contribution in [0.15, 0.2) is 77.7 Å². The molecule has 3 aromatic rings. The zero-order valence-corrected chi connectivity index (χ0v) is 18.3. The fraction of sp³-hybridized carbons (Fsp3) is 0.0952. The highest BCUT2D eigenvalue weighted by Crippen LogP contribution is 2.08. The van der Waals surface area contributed by atoms with Crippen molar-refractivity contribution in [1.82, 2.24) is 0 Å². The fourth-order valence-corrected chi connectivity index (χ4v) is 4.93. The Morgan fingerprint density at radius 1 is 0.964 bits per heavy atom. The van der Waals surface area contributed by atoms with Crippen LogP contribution in [0.3, 0.4) is 0 Å². The van der Waals surface area contributed by atoms with Gasteiger partial charge < -0.3 is 9.29 Å². The van der Waals surface area contributed by atoms with Crippen LogP contribution >= 0.6 is 0 Å². The molecular formula is C21H18INO4S. The Labute approximate surface area is 175 Å². The summed E-state index contributed by atoms with van der Waals surface area (Å²) in [6.45, 7) is 1.82. The first-order valence-corrected chi connectivity index (χ1v) is 11.7. The molecule has 3 aromatic carbocycles. The van der Waals surface area contributed by atoms with Gasteiger partial charge in [0.15, 0.2) is 3.57 Å². The van der Waals surface area contributed by atoms with Gasteiger partial charge in [-0.15, -0.1) is 0 Å². The number of hydrogen-bond donors (Lipinski definition) is 0. The predicted octanol–water partition coefficient (Wildman–Crippen LogP) is 0.594. The number of nitriles is 1. The van der Waals surface area contributed by atoms with Crippen molar-refractivity contribution >= 4 is 10.1 Å². The molecule has 5 nitrogen and oxygen atoms in total. The highest BCUT2D eigenvalue weighted by molar-refractivity contribution is 7.85. The summed E-state index contributed by atoms with van der Waals surface area (Å²) in [4.78, 5) is -0.178. The van der Waals surface area contributed by atoms with E-state index in [2.05, 4.69) is 18.2 Å². The number of rotatable bonds is 4. The first-order valence-electron chi connectivity index (χ1n) is 8.14. The first-order chi connectivity index (χ1) is 13.3. The van der Waals surface area contributed by atoms with Gasteiger partial charge in [0.2, 0.25) is 3.57 Å². The molecule has 144 valence electrons. The Balaban J connectivity index is 0.000000221. The number of hydrogen-bond acceptors (Lipinski definition) is 5. The van der Waals surface area contributed by atoms with E-state index in [1.807, 2.05) is 43.3 Å². The van der Waals surface area contributed by atoms with Crippen LogP contribution < -0.4 is 25.9 Å². The Morgan fingerprint density at radius 2 is 1.57 bits per heavy atom. The molecule has 0 aromatic heterocycles. The molecule has 0 saturated carbocycles. The van der Waals surface area contributed by atoms with E-state index in [4.69, 9.17) is 10.00 Å². The van der Waals surface area contributed by atoms with Crippen molar-refractivity contribution in [1.29, 1.82) is 5.26 Å². The van der Waals surface area contributed by atoms with Crippen LogP contribution in [-0.4, -0.2) is 20.1 Å². The molecule has 0 fully saturated rings. The fourth-order valence-electron chi connectivity index (χ4n) is 2.09. The van der Waals surface area contributed by atoms with Crippen molar-refractivity contribution in [3.63, 3.8) is 0 Å². The minimum atomic E-state index is -4.27. The molecule has 0 spiro atoms. The number of aryl methyl sites for hydroxylation is 1. The van der Waals surface area contributed by atoms with E-state index < -0.39 is 10.1 Å². The smallest absolute Gasteiger partial charge is 0.359 e. The van der Waals surface area contributed by atoms with Gasteiger partial charge in [-0.05, 0) is 55.5 Å². The summed E-state index contributed by atoms with van der Waals surface area (Å²) in [6, 6.07) is 23.9. The van der Waals surface area contributed by atoms with Crippen LogP contribution in [0, 0.1) is 25.4 Å². The lowest BCUT2D eigenvalue weighted by Gasteiger charge is -2.05. The van der Waals surface area contributed by atoms with Crippen LogP contribution in [0.2, 0.25) is 0 Å². The molecule has 0 saturated heterocycles. The summed E-state index contributed by atoms with van der Waals surface area (Å²) in [5.41, 5.74) is 1.72. The largest absolute Gasteiger partial charge is 0.744 e. The van der Waals surface area contributed by atoms with Gasteiger partial charge in [-0.2, -0.15) is 5.26 Å². The van der Waals surface area contributed by atoms with E-state index in [0.717, 1.165) is 16.9 Å². The van der Waals surface area contributed by atoms with Gasteiger partial charge in [0.05, 0.1) is 12.0 Å². The Morgan fingerprint density at radius 3 is 2.11 bits per heavy atom. The summed E-state index contributed by atoms with van der Waals surface area (Å²) in [6.07, 6.45) is 0. The average Bonchev–Trinajstić information content (AvgIpc) is 2.69. The lowest BCUT2D eigenvalue weighted by molar-refractivity contribution is -0.597. The van der Waals surface area contributed by atoms with Gasteiger partial charge >= 0.3 is 21.2 Å². The van der Waals surface area contributed by atoms with Crippen molar-refractivity contribution in [3.05, 3.63) is 91.1 Å². The normalized spacial score (nSPS) is 10.4. The van der Waals surface area contributed by atoms with E-state index in [9.17, 15) is 13.0 Å². The molecule has 0 atom stereocenters. The van der Waals surface area contributed by atoms with Gasteiger partial charge in [0.1, 0.15) is 27.5 Å². The Kier molecular flexibility index (Phi) is 7.99. The quantitative estimate of drug-likeness (QED) is 0.381. The minimum Gasteiger partial charge on any atom is -0.744 e. The highest BCUT2D eigenvalue weighted by Gasteiger charge is 2.19. The number of halogens is 1. The van der Waals surface area contributed by atoms with E-state index in [-0.39, 0.29) is 26.1 Å². The van der Waals surface area contributed by atoms with Gasteiger partial charge in [0, 0.05) is 0 Å². The molecule has 0 aliphatic heterocycles. The standard InChI is InChI=1S/C14H11INO.C7H8O3S/c1-17-13-8-6-12(7-9-13)15-14-5-3-2-4-11(14)10-16;1-6-2-4-7(5-3-6)11(8,9)10/h2-9H,1H3;2-5H,1H3,(H,8,9,10)/q+1;/p-1. The highest BCUT2D eigenvalue weighted by atomic mass is 127. The molecular weight excluding hydrogens is 489 g/mol. The predicted molar refractivity (Wildman–Crippen MR) is 101 cm³/mol. The van der Waals surface area contributed by atoms with Crippen LogP contribution in [0.4, 0.5) is 0 Å². The maximum atomic E-state index is 10.4. The lowest BCUT2D eigenvalue weighted by atomic mass is 10.2. The minimum absolute atomic E-state index is 0.178. The third-order valence-corrected chi connectivity index (χ3v) is 7.28. The molecule has 0 bridgehead atoms. The summed E-state index contributed by atoms with van der Waals surface area (Å²) in [5.74, 6) is 0.867. The van der Waals surface area contributed by atoms with Crippen molar-refractivity contribution in [2.24, 2.45) is 0 Å². The molecule has 7 heteroatoms. The number of methoxy groups -OCH3 is 1. The Hall–Kier alpha value is -2.41. The van der Waals surface area contributed by atoms with E-state index in [0.29, 0.717) is 0 Å². The second-order valence-electron chi connectivity index (χ2n) is 5.61. The second kappa shape index (κ2) is 10.2. The zero-order valence-electron chi connectivity index (χ0n) is 15.3. The third-order valence-electron chi connectivity index (χ3n) is 3.56. The van der Waals surface area contributed by atoms with Crippen LogP contribution in [-0.2, 0) is 10.1 Å². The maximum absolute atomic E-state index is 10.4. The summed E-state index contributed by atoms with van der Waals surface area (Å²) in [7, 11) is -2.61. The van der Waals surface area contributed by atoms with Crippen molar-refractivity contribution < 1.29 is 38.9 Å². The van der Waals surface area contributed by atoms with Crippen molar-refractivity contribution in [2.45, 2.75) is 11.8 Å². The van der Waals surface area contributed by atoms with E-state index in [1.165, 1.54) is 19.3 Å². The lowest BCUT2D eigenvalue weighted by Crippen LogP contribution is -3.61. The summed E-state index contributed by atoms with van der Waals surface area (Å²) in [5, 5.41) is 9.03. The molecule has 0 amide bonds. The summed E-state index contributed by atoms with van der Waals surface area (Å²) < 4.78 is 38.7. The van der Waals surface area contributed by atoms with E-state index in [1.54, 1.807) is 19.2 Å². The molecule has 0 N–H and O–H groups in total. The topological polar surface area (TPSA) is 90.2 Å². The van der Waals surface area contributed by atoms with Gasteiger partial charge in [-0.25, -0.2) is 8.42 Å². The monoisotopic (exact) mass is 507 g/mol. The van der Waals surface area contributed by atoms with Gasteiger partial charge in [-0.1, -0.05) is 29.8 Å². The molecule has 0 aliphatic rings. The first kappa shape index (κ1) is 21.9. The van der Waals surface area contributed by atoms with Gasteiger partial charge in [0.25, 0.3) is 0 Å². The number of ether oxygens (including phenoxy) is 1. The second-order valence-corrected chi connectivity index (χ2v) is 9.94. The van der Waals surface area contributed by atoms with E-state index >= 15 is 0 Å². The van der Waals surface area contributed by atoms with Crippen LogP contribution in [0.1, 0.15) is 11.1 Å². The SMILES string of the molecule is COc1ccc([I+]c2ccccc2C#N)cc1.Cc1ccc(S(=O)(=O)[O-])cc1. The molecule has 0 unspecified atom stereocenters. The van der Waals surface area contributed by atoms with Crippen LogP contribution in [0.25, 0.3) is 0 Å². The molecule has 0 heterocycles. The van der Waals surface area contributed by atoms with Crippen molar-refractivity contribution in [2.75, 3.05) is 7.11 Å². The molecule has 0 aliphatic carbocycles. The third kappa shape index (κ3) is 6.64. The van der Waals surface area contributed by atoms with Crippen LogP contribution in [0.5, 0.6) is 5.75 Å². The zero-order chi connectivity index (χ0) is 20.6. The number of nitrogens with zero attached hydrogens (tertiary/aromatic N) is 1. The summed E-state index contributed by atoms with van der Waals surface area (Å²) >= 11 is -0.296. The van der Waals surface area contributed by atoms with Crippen molar-refractivity contribution in [3.8, 4) is 11.8 Å². The average molecular weight is 507 g/mol. The molecule has 0 radical (unpaired) electrons. The number of benzene rings is 3. The molecule has 28 heavy (non-hydrogen) atoms.